The van der Waals surface area contributed by atoms with Gasteiger partial charge in [-0.3, -0.25) is 5.14 Å². The van der Waals surface area contributed by atoms with Crippen LogP contribution in [0.3, 0.4) is 0 Å². The predicted octanol–water partition coefficient (Wildman–Crippen LogP) is 4.11. The zero-order valence-corrected chi connectivity index (χ0v) is 16.4. The van der Waals surface area contributed by atoms with Crippen molar-refractivity contribution < 1.29 is 4.74 Å². The third kappa shape index (κ3) is 4.79. The van der Waals surface area contributed by atoms with E-state index >= 15 is 0 Å². The van der Waals surface area contributed by atoms with Gasteiger partial charge in [0.1, 0.15) is 0 Å². The molecule has 1 saturated heterocycles. The normalized spacial score (nSPS) is 17.5. The van der Waals surface area contributed by atoms with Gasteiger partial charge in [0.05, 0.1) is 24.3 Å². The van der Waals surface area contributed by atoms with Crippen LogP contribution in [0.1, 0.15) is 30.0 Å². The van der Waals surface area contributed by atoms with Crippen molar-refractivity contribution in [3.8, 4) is 17.2 Å². The van der Waals surface area contributed by atoms with E-state index in [4.69, 9.17) is 15.1 Å². The van der Waals surface area contributed by atoms with Gasteiger partial charge in [-0.1, -0.05) is 43.3 Å². The topological polar surface area (TPSA) is 71.1 Å². The molecule has 2 aromatic carbocycles. The lowest BCUT2D eigenvalue weighted by atomic mass is 9.91. The molecule has 2 aromatic rings. The third-order valence-corrected chi connectivity index (χ3v) is 5.32. The lowest BCUT2D eigenvalue weighted by molar-refractivity contribution is 0.0292. The molecule has 27 heavy (non-hydrogen) atoms. The van der Waals surface area contributed by atoms with Crippen molar-refractivity contribution in [2.24, 2.45) is 5.14 Å². The van der Waals surface area contributed by atoms with E-state index in [2.05, 4.69) is 42.6 Å². The fourth-order valence-corrected chi connectivity index (χ4v) is 4.04. The average molecular weight is 380 g/mol. The molecule has 1 aliphatic heterocycles. The SMILES string of the molecule is CC/C=C(\SN)c1c(C[C@H]2CNCCO2)cccc1-c1ccc(C#N)cc1. The molecular formula is C22H25N3OS. The Hall–Kier alpha value is -2.10. The van der Waals surface area contributed by atoms with Gasteiger partial charge in [-0.15, -0.1) is 0 Å². The Bertz CT molecular complexity index is 834. The minimum Gasteiger partial charge on any atom is -0.375 e. The molecule has 0 aliphatic carbocycles. The van der Waals surface area contributed by atoms with Gasteiger partial charge in [0, 0.05) is 30.0 Å². The van der Waals surface area contributed by atoms with Crippen molar-refractivity contribution in [2.75, 3.05) is 19.7 Å². The minimum absolute atomic E-state index is 0.166. The predicted molar refractivity (Wildman–Crippen MR) is 113 cm³/mol. The van der Waals surface area contributed by atoms with Gasteiger partial charge >= 0.3 is 0 Å². The van der Waals surface area contributed by atoms with E-state index in [1.54, 1.807) is 0 Å². The molecule has 0 radical (unpaired) electrons. The number of morpholine rings is 1. The number of hydrogen-bond donors (Lipinski definition) is 2. The zero-order chi connectivity index (χ0) is 19.1. The molecule has 3 N–H and O–H groups in total. The maximum atomic E-state index is 9.08. The standard InChI is InChI=1S/C22H25N3OS/c1-2-4-21(27-24)22-18(13-19-15-25-11-12-26-19)5-3-6-20(22)17-9-7-16(14-23)8-10-17/h3-10,19,25H,2,11-13,15,24H2,1H3/b21-4-/t19-/m0/s1. The molecule has 0 aromatic heterocycles. The number of allylic oxidation sites excluding steroid dienone is 1. The van der Waals surface area contributed by atoms with E-state index < -0.39 is 0 Å². The van der Waals surface area contributed by atoms with Crippen LogP contribution < -0.4 is 10.5 Å². The van der Waals surface area contributed by atoms with E-state index in [0.29, 0.717) is 5.56 Å². The molecule has 140 valence electrons. The summed E-state index contributed by atoms with van der Waals surface area (Å²) >= 11 is 1.29. The molecule has 1 fully saturated rings. The molecule has 4 nitrogen and oxygen atoms in total. The summed E-state index contributed by atoms with van der Waals surface area (Å²) in [4.78, 5) is 1.08. The molecule has 5 heteroatoms. The maximum Gasteiger partial charge on any atom is 0.0991 e. The van der Waals surface area contributed by atoms with Gasteiger partial charge in [-0.2, -0.15) is 5.26 Å². The lowest BCUT2D eigenvalue weighted by Gasteiger charge is -2.25. The molecule has 1 aliphatic rings. The Kier molecular flexibility index (Phi) is 7.08. The van der Waals surface area contributed by atoms with Gasteiger partial charge < -0.3 is 10.1 Å². The van der Waals surface area contributed by atoms with Crippen molar-refractivity contribution in [1.82, 2.24) is 5.32 Å². The number of nitrogens with two attached hydrogens (primary N) is 1. The number of nitrogens with zero attached hydrogens (tertiary/aromatic N) is 1. The summed E-state index contributed by atoms with van der Waals surface area (Å²) in [7, 11) is 0. The van der Waals surface area contributed by atoms with E-state index in [9.17, 15) is 0 Å². The second kappa shape index (κ2) is 9.72. The first-order valence-corrected chi connectivity index (χ1v) is 10.2. The fourth-order valence-electron chi connectivity index (χ4n) is 3.42. The van der Waals surface area contributed by atoms with Crippen LogP contribution in [0.2, 0.25) is 0 Å². The number of nitrogens with one attached hydrogen (secondary N) is 1. The monoisotopic (exact) mass is 379 g/mol. The molecule has 0 spiro atoms. The van der Waals surface area contributed by atoms with Crippen LogP contribution >= 0.6 is 11.9 Å². The van der Waals surface area contributed by atoms with Crippen molar-refractivity contribution in [2.45, 2.75) is 25.9 Å². The summed E-state index contributed by atoms with van der Waals surface area (Å²) in [6, 6.07) is 16.3. The molecule has 3 rings (SSSR count). The summed E-state index contributed by atoms with van der Waals surface area (Å²) < 4.78 is 5.93. The van der Waals surface area contributed by atoms with Crippen LogP contribution in [0.5, 0.6) is 0 Å². The number of nitriles is 1. The summed E-state index contributed by atoms with van der Waals surface area (Å²) in [5.74, 6) is 0. The van der Waals surface area contributed by atoms with E-state index in [1.165, 1.54) is 23.1 Å². The van der Waals surface area contributed by atoms with Gasteiger partial charge in [0.15, 0.2) is 0 Å². The van der Waals surface area contributed by atoms with E-state index in [0.717, 1.165) is 48.6 Å². The highest BCUT2D eigenvalue weighted by molar-refractivity contribution is 8.06. The first-order valence-electron chi connectivity index (χ1n) is 9.28. The van der Waals surface area contributed by atoms with Crippen LogP contribution in [-0.2, 0) is 11.2 Å². The Morgan fingerprint density at radius 1 is 1.33 bits per heavy atom. The molecule has 1 heterocycles. The molecule has 0 saturated carbocycles. The smallest absolute Gasteiger partial charge is 0.0991 e. The second-order valence-electron chi connectivity index (χ2n) is 6.52. The number of hydrogen-bond acceptors (Lipinski definition) is 5. The Morgan fingerprint density at radius 3 is 2.78 bits per heavy atom. The highest BCUT2D eigenvalue weighted by Crippen LogP contribution is 2.37. The van der Waals surface area contributed by atoms with Crippen molar-refractivity contribution >= 4 is 16.9 Å². The van der Waals surface area contributed by atoms with Crippen LogP contribution in [0.15, 0.2) is 48.5 Å². The minimum atomic E-state index is 0.166. The van der Waals surface area contributed by atoms with Crippen LogP contribution in [0, 0.1) is 11.3 Å². The second-order valence-corrected chi connectivity index (χ2v) is 7.20. The van der Waals surface area contributed by atoms with Gasteiger partial charge in [0.25, 0.3) is 0 Å². The lowest BCUT2D eigenvalue weighted by Crippen LogP contribution is -2.39. The summed E-state index contributed by atoms with van der Waals surface area (Å²) in [6.07, 6.45) is 4.10. The number of ether oxygens (including phenoxy) is 1. The van der Waals surface area contributed by atoms with Crippen LogP contribution in [0.25, 0.3) is 16.0 Å². The first kappa shape index (κ1) is 19.7. The summed E-state index contributed by atoms with van der Waals surface area (Å²) in [5.41, 5.74) is 5.30. The quantitative estimate of drug-likeness (QED) is 0.739. The van der Waals surface area contributed by atoms with Gasteiger partial charge in [-0.25, -0.2) is 0 Å². The third-order valence-electron chi connectivity index (χ3n) is 4.69. The molecule has 0 unspecified atom stereocenters. The number of rotatable bonds is 6. The highest BCUT2D eigenvalue weighted by Gasteiger charge is 2.19. The van der Waals surface area contributed by atoms with Crippen LogP contribution in [-0.4, -0.2) is 25.8 Å². The van der Waals surface area contributed by atoms with Crippen molar-refractivity contribution in [3.63, 3.8) is 0 Å². The molecule has 1 atom stereocenters. The average Bonchev–Trinajstić information content (AvgIpc) is 2.73. The van der Waals surface area contributed by atoms with Crippen molar-refractivity contribution in [1.29, 1.82) is 5.26 Å². The molecule has 0 amide bonds. The Labute approximate surface area is 165 Å². The van der Waals surface area contributed by atoms with Crippen LogP contribution in [0.4, 0.5) is 0 Å². The van der Waals surface area contributed by atoms with E-state index in [-0.39, 0.29) is 6.10 Å². The molecular weight excluding hydrogens is 354 g/mol. The van der Waals surface area contributed by atoms with E-state index in [1.807, 2.05) is 24.3 Å². The summed E-state index contributed by atoms with van der Waals surface area (Å²) in [5, 5.41) is 18.5. The van der Waals surface area contributed by atoms with Crippen molar-refractivity contribution in [3.05, 3.63) is 65.2 Å². The van der Waals surface area contributed by atoms with Gasteiger partial charge in [0.2, 0.25) is 0 Å². The first-order chi connectivity index (χ1) is 13.3. The highest BCUT2D eigenvalue weighted by atomic mass is 32.2. The Balaban J connectivity index is 2.07. The largest absolute Gasteiger partial charge is 0.375 e. The molecule has 0 bridgehead atoms. The van der Waals surface area contributed by atoms with Gasteiger partial charge in [-0.05, 0) is 47.2 Å². The zero-order valence-electron chi connectivity index (χ0n) is 15.6. The summed E-state index contributed by atoms with van der Waals surface area (Å²) in [6.45, 7) is 4.64. The Morgan fingerprint density at radius 2 is 2.15 bits per heavy atom. The fraction of sp³-hybridized carbons (Fsp3) is 0.318. The maximum absolute atomic E-state index is 9.08. The number of benzene rings is 2.